The smallest absolute Gasteiger partial charge is 0.326 e. The van der Waals surface area contributed by atoms with E-state index in [1.807, 2.05) is 7.05 Å². The van der Waals surface area contributed by atoms with Crippen molar-refractivity contribution in [1.82, 2.24) is 31.9 Å². The van der Waals surface area contributed by atoms with Crippen molar-refractivity contribution >= 4 is 53.7 Å². The fraction of sp³-hybridized carbons (Fsp3) is 0.820. The third kappa shape index (κ3) is 32.2. The average molecular weight is 965 g/mol. The summed E-state index contributed by atoms with van der Waals surface area (Å²) >= 11 is 0. The normalized spacial score (nSPS) is 16.3. The van der Waals surface area contributed by atoms with Crippen LogP contribution in [0.15, 0.2) is 0 Å². The molecule has 0 heterocycles. The average Bonchev–Trinajstić information content (AvgIpc) is 3.31. The molecule has 0 spiro atoms. The van der Waals surface area contributed by atoms with Crippen LogP contribution >= 0.6 is 0 Å². The Morgan fingerprint density at radius 3 is 1.34 bits per heavy atom. The molecule has 3 unspecified atom stereocenters. The summed E-state index contributed by atoms with van der Waals surface area (Å²) in [7, 11) is 1.87. The second-order valence-electron chi connectivity index (χ2n) is 18.9. The van der Waals surface area contributed by atoms with Crippen molar-refractivity contribution in [1.29, 1.82) is 0 Å². The van der Waals surface area contributed by atoms with E-state index < -0.39 is 72.5 Å². The van der Waals surface area contributed by atoms with Crippen LogP contribution in [0, 0.1) is 11.8 Å². The van der Waals surface area contributed by atoms with Gasteiger partial charge in [0.05, 0.1) is 0 Å². The summed E-state index contributed by atoms with van der Waals surface area (Å²) in [5, 5.41) is 45.0. The first kappa shape index (κ1) is 61.4. The van der Waals surface area contributed by atoms with Crippen LogP contribution in [-0.2, 0) is 43.2 Å². The summed E-state index contributed by atoms with van der Waals surface area (Å²) in [6.07, 6.45) is 24.7. The molecule has 0 aromatic heterocycles. The maximum atomic E-state index is 13.0. The van der Waals surface area contributed by atoms with Gasteiger partial charge in [0.1, 0.15) is 24.4 Å². The van der Waals surface area contributed by atoms with Crippen LogP contribution in [0.2, 0.25) is 0 Å². The van der Waals surface area contributed by atoms with Crippen LogP contribution < -0.4 is 31.9 Å². The number of rotatable bonds is 43. The van der Waals surface area contributed by atoms with Crippen molar-refractivity contribution in [2.24, 2.45) is 11.8 Å². The van der Waals surface area contributed by atoms with Gasteiger partial charge in [-0.1, -0.05) is 96.3 Å². The van der Waals surface area contributed by atoms with Gasteiger partial charge in [0.2, 0.25) is 29.5 Å². The monoisotopic (exact) mass is 965 g/mol. The number of hydrogen-bond acceptors (Lipinski definition) is 10. The molecule has 390 valence electrons. The third-order valence-electron chi connectivity index (χ3n) is 13.0. The summed E-state index contributed by atoms with van der Waals surface area (Å²) in [6.45, 7) is 3.03. The molecule has 0 bridgehead atoms. The molecule has 1 saturated carbocycles. The number of carboxylic acid groups (broad SMARTS) is 3. The highest BCUT2D eigenvalue weighted by Gasteiger charge is 2.31. The molecular weight excluding hydrogens is 877 g/mol. The number of aldehydes is 1. The zero-order valence-electron chi connectivity index (χ0n) is 41.4. The number of unbranched alkanes of at least 4 members (excludes halogenated alkanes) is 17. The highest BCUT2D eigenvalue weighted by Crippen LogP contribution is 2.29. The van der Waals surface area contributed by atoms with Crippen molar-refractivity contribution < 1.29 is 58.5 Å². The first-order chi connectivity index (χ1) is 32.7. The van der Waals surface area contributed by atoms with Gasteiger partial charge in [0.15, 0.2) is 0 Å². The quantitative estimate of drug-likeness (QED) is 0.0248. The zero-order chi connectivity index (χ0) is 50.4. The van der Waals surface area contributed by atoms with Gasteiger partial charge in [-0.2, -0.15) is 0 Å². The van der Waals surface area contributed by atoms with E-state index >= 15 is 0 Å². The molecule has 0 saturated heterocycles. The molecule has 1 fully saturated rings. The molecule has 68 heavy (non-hydrogen) atoms. The number of carbonyl (C=O) groups is 9. The SMILES string of the molecule is CNC(C)CCCCNC(=O)CCC(NC(=O)CC[C@H](NC(=O)CCC(NC(=O)C1CCC(CNC(=O)CCCCCCCCCCCCCCCCCCC=O)CC1)C(=O)O)C(=O)O)C(=O)O. The Hall–Kier alpha value is -4.61. The number of hydrogen-bond donors (Lipinski definition) is 9. The van der Waals surface area contributed by atoms with E-state index in [1.54, 1.807) is 0 Å². The van der Waals surface area contributed by atoms with E-state index in [1.165, 1.54) is 77.0 Å². The van der Waals surface area contributed by atoms with Crippen molar-refractivity contribution in [3.05, 3.63) is 0 Å². The van der Waals surface area contributed by atoms with Crippen LogP contribution in [0.1, 0.15) is 206 Å². The molecule has 18 nitrogen and oxygen atoms in total. The molecule has 0 aromatic rings. The minimum absolute atomic E-state index is 0.0337. The lowest BCUT2D eigenvalue weighted by Crippen LogP contribution is -2.46. The van der Waals surface area contributed by atoms with E-state index in [2.05, 4.69) is 38.8 Å². The predicted molar refractivity (Wildman–Crippen MR) is 259 cm³/mol. The van der Waals surface area contributed by atoms with E-state index in [4.69, 9.17) is 0 Å². The highest BCUT2D eigenvalue weighted by atomic mass is 16.4. The number of carboxylic acids is 3. The summed E-state index contributed by atoms with van der Waals surface area (Å²) in [4.78, 5) is 109. The molecule has 5 amide bonds. The van der Waals surface area contributed by atoms with E-state index in [9.17, 15) is 58.5 Å². The van der Waals surface area contributed by atoms with Gasteiger partial charge in [-0.25, -0.2) is 14.4 Å². The van der Waals surface area contributed by atoms with Crippen molar-refractivity contribution in [3.8, 4) is 0 Å². The topological polar surface area (TPSA) is 286 Å². The number of aliphatic carboxylic acids is 3. The molecule has 1 rings (SSSR count). The lowest BCUT2D eigenvalue weighted by atomic mass is 9.81. The van der Waals surface area contributed by atoms with Crippen LogP contribution in [0.4, 0.5) is 0 Å². The largest absolute Gasteiger partial charge is 0.480 e. The molecule has 0 radical (unpaired) electrons. The first-order valence-electron chi connectivity index (χ1n) is 25.9. The molecular formula is C50H88N6O12. The van der Waals surface area contributed by atoms with Gasteiger partial charge < -0.3 is 52.0 Å². The second-order valence-corrected chi connectivity index (χ2v) is 18.9. The minimum atomic E-state index is -1.53. The van der Waals surface area contributed by atoms with Crippen molar-refractivity contribution in [2.75, 3.05) is 20.1 Å². The summed E-state index contributed by atoms with van der Waals surface area (Å²) in [5.41, 5.74) is 0. The van der Waals surface area contributed by atoms with Crippen molar-refractivity contribution in [2.45, 2.75) is 230 Å². The van der Waals surface area contributed by atoms with E-state index in [-0.39, 0.29) is 43.4 Å². The maximum Gasteiger partial charge on any atom is 0.326 e. The fourth-order valence-electron chi connectivity index (χ4n) is 8.42. The Kier molecular flexibility index (Phi) is 35.5. The predicted octanol–water partition coefficient (Wildman–Crippen LogP) is 6.07. The molecule has 0 aliphatic heterocycles. The lowest BCUT2D eigenvalue weighted by Gasteiger charge is -2.28. The Morgan fingerprint density at radius 2 is 0.897 bits per heavy atom. The van der Waals surface area contributed by atoms with Gasteiger partial charge in [0.25, 0.3) is 0 Å². The molecule has 1 aliphatic carbocycles. The Morgan fingerprint density at radius 1 is 0.485 bits per heavy atom. The summed E-state index contributed by atoms with van der Waals surface area (Å²) < 4.78 is 0. The number of amides is 5. The fourth-order valence-corrected chi connectivity index (χ4v) is 8.42. The van der Waals surface area contributed by atoms with Crippen LogP contribution in [0.5, 0.6) is 0 Å². The molecule has 0 aromatic carbocycles. The number of nitrogens with one attached hydrogen (secondary N) is 6. The van der Waals surface area contributed by atoms with Gasteiger partial charge in [-0.3, -0.25) is 24.0 Å². The van der Waals surface area contributed by atoms with Gasteiger partial charge in [-0.05, 0) is 90.5 Å². The highest BCUT2D eigenvalue weighted by molar-refractivity contribution is 5.88. The van der Waals surface area contributed by atoms with Crippen LogP contribution in [-0.4, -0.2) is 113 Å². The van der Waals surface area contributed by atoms with Gasteiger partial charge in [-0.15, -0.1) is 0 Å². The molecule has 1 aliphatic rings. The van der Waals surface area contributed by atoms with Crippen LogP contribution in [0.25, 0.3) is 0 Å². The first-order valence-corrected chi connectivity index (χ1v) is 25.9. The maximum absolute atomic E-state index is 13.0. The van der Waals surface area contributed by atoms with Crippen molar-refractivity contribution in [3.63, 3.8) is 0 Å². The van der Waals surface area contributed by atoms with Crippen LogP contribution in [0.3, 0.4) is 0 Å². The Balaban J connectivity index is 2.27. The Bertz CT molecular complexity index is 1490. The minimum Gasteiger partial charge on any atom is -0.480 e. The molecule has 4 atom stereocenters. The lowest BCUT2D eigenvalue weighted by molar-refractivity contribution is -0.144. The standard InChI is InChI=1S/C50H88N6O12/c1-37(51-2)22-19-20-34-52-44(59)31-28-40(48(63)64)54-45(60)32-29-41(49(65)66)55-46(61)33-30-42(50(67)68)56-47(62)39-26-24-38(25-27-39)36-53-43(58)23-18-16-14-12-10-8-6-4-3-5-7-9-11-13-15-17-21-35-57/h35,37-42,51H,3-34,36H2,1-2H3,(H,52,59)(H,53,58)(H,54,60)(H,55,61)(H,56,62)(H,63,64)(H,65,66)(H,67,68)/t37?,38?,39?,40?,41-,42?/m0/s1. The molecule has 18 heteroatoms. The third-order valence-corrected chi connectivity index (χ3v) is 13.0. The van der Waals surface area contributed by atoms with E-state index in [0.717, 1.165) is 51.2 Å². The van der Waals surface area contributed by atoms with Gasteiger partial charge >= 0.3 is 17.9 Å². The summed E-state index contributed by atoms with van der Waals surface area (Å²) in [6, 6.07) is -3.95. The number of carbonyl (C=O) groups excluding carboxylic acids is 6. The second kappa shape index (κ2) is 39.3. The van der Waals surface area contributed by atoms with Gasteiger partial charge in [0, 0.05) is 57.2 Å². The van der Waals surface area contributed by atoms with E-state index in [0.29, 0.717) is 57.7 Å². The zero-order valence-corrected chi connectivity index (χ0v) is 41.4. The Labute approximate surface area is 405 Å². The molecule has 9 N–H and O–H groups in total. The summed E-state index contributed by atoms with van der Waals surface area (Å²) in [5.74, 6) is -6.72.